The summed E-state index contributed by atoms with van der Waals surface area (Å²) in [5.41, 5.74) is 7.81. The minimum Gasteiger partial charge on any atom is -0.384 e. The van der Waals surface area contributed by atoms with Gasteiger partial charge < -0.3 is 10.6 Å². The molecule has 2 rings (SSSR count). The van der Waals surface area contributed by atoms with Crippen LogP contribution in [-0.2, 0) is 0 Å². The molecular weight excluding hydrogens is 242 g/mol. The maximum Gasteiger partial charge on any atom is 0.126 e. The number of thioether (sulfide) groups is 1. The van der Waals surface area contributed by atoms with Crippen LogP contribution in [0.2, 0.25) is 0 Å². The maximum absolute atomic E-state index is 7.84. The molecule has 3 N–H and O–H groups in total. The fourth-order valence-corrected chi connectivity index (χ4v) is 3.29. The molecule has 1 saturated heterocycles. The van der Waals surface area contributed by atoms with E-state index in [1.807, 2.05) is 12.3 Å². The van der Waals surface area contributed by atoms with Crippen LogP contribution < -0.4 is 10.6 Å². The van der Waals surface area contributed by atoms with Crippen LogP contribution in [0, 0.1) is 5.41 Å². The van der Waals surface area contributed by atoms with E-state index in [9.17, 15) is 0 Å². The summed E-state index contributed by atoms with van der Waals surface area (Å²) in [6.07, 6.45) is 5.78. The fraction of sp³-hybridized carbons (Fsp3) is 0.500. The molecule has 1 aliphatic heterocycles. The summed E-state index contributed by atoms with van der Waals surface area (Å²) >= 11 is 1.66. The van der Waals surface area contributed by atoms with Crippen molar-refractivity contribution in [1.82, 2.24) is 0 Å². The van der Waals surface area contributed by atoms with E-state index in [-0.39, 0.29) is 5.84 Å². The molecule has 0 bridgehead atoms. The molecule has 1 atom stereocenters. The van der Waals surface area contributed by atoms with Gasteiger partial charge in [0.15, 0.2) is 0 Å². The highest BCUT2D eigenvalue weighted by Gasteiger charge is 2.22. The van der Waals surface area contributed by atoms with Crippen LogP contribution in [-0.4, -0.2) is 24.7 Å². The Balaban J connectivity index is 2.45. The topological polar surface area (TPSA) is 53.1 Å². The Labute approximate surface area is 113 Å². The van der Waals surface area contributed by atoms with Gasteiger partial charge in [-0.3, -0.25) is 5.41 Å². The Morgan fingerprint density at radius 2 is 2.22 bits per heavy atom. The second-order valence-corrected chi connectivity index (χ2v) is 5.65. The Morgan fingerprint density at radius 1 is 1.44 bits per heavy atom. The van der Waals surface area contributed by atoms with Crippen molar-refractivity contribution in [3.8, 4) is 0 Å². The lowest BCUT2D eigenvalue weighted by Crippen LogP contribution is -2.38. The van der Waals surface area contributed by atoms with Gasteiger partial charge in [0.25, 0.3) is 0 Å². The number of nitrogens with zero attached hydrogens (tertiary/aromatic N) is 1. The highest BCUT2D eigenvalue weighted by molar-refractivity contribution is 7.98. The number of nitrogens with two attached hydrogens (primary N) is 1. The standard InChI is InChI=1S/C14H21N3S/c1-10-6-3-4-9-17(10)11-7-5-8-12(18-2)13(11)14(15)16/h5,7-8,10H,3-4,6,9H2,1-2H3,(H3,15,16). The van der Waals surface area contributed by atoms with Crippen molar-refractivity contribution >= 4 is 23.3 Å². The van der Waals surface area contributed by atoms with Crippen LogP contribution in [0.15, 0.2) is 23.1 Å². The first-order chi connectivity index (χ1) is 8.65. The van der Waals surface area contributed by atoms with E-state index < -0.39 is 0 Å². The van der Waals surface area contributed by atoms with Crippen molar-refractivity contribution in [2.24, 2.45) is 5.73 Å². The molecule has 18 heavy (non-hydrogen) atoms. The normalized spacial score (nSPS) is 19.9. The first-order valence-electron chi connectivity index (χ1n) is 6.43. The zero-order valence-electron chi connectivity index (χ0n) is 11.1. The summed E-state index contributed by atoms with van der Waals surface area (Å²) in [7, 11) is 0. The zero-order chi connectivity index (χ0) is 13.1. The van der Waals surface area contributed by atoms with Gasteiger partial charge in [0, 0.05) is 23.2 Å². The van der Waals surface area contributed by atoms with Gasteiger partial charge in [-0.2, -0.15) is 0 Å². The van der Waals surface area contributed by atoms with E-state index in [1.54, 1.807) is 11.8 Å². The van der Waals surface area contributed by atoms with Gasteiger partial charge >= 0.3 is 0 Å². The van der Waals surface area contributed by atoms with Crippen LogP contribution in [0.1, 0.15) is 31.7 Å². The predicted octanol–water partition coefficient (Wildman–Crippen LogP) is 3.07. The third kappa shape index (κ3) is 2.48. The summed E-state index contributed by atoms with van der Waals surface area (Å²) in [6.45, 7) is 3.33. The second-order valence-electron chi connectivity index (χ2n) is 4.81. The lowest BCUT2D eigenvalue weighted by molar-refractivity contribution is 0.484. The van der Waals surface area contributed by atoms with E-state index in [1.165, 1.54) is 19.3 Å². The van der Waals surface area contributed by atoms with Crippen molar-refractivity contribution in [2.45, 2.75) is 37.1 Å². The highest BCUT2D eigenvalue weighted by atomic mass is 32.2. The number of rotatable bonds is 3. The highest BCUT2D eigenvalue weighted by Crippen LogP contribution is 2.32. The average Bonchev–Trinajstić information content (AvgIpc) is 2.38. The molecule has 0 spiro atoms. The van der Waals surface area contributed by atoms with Crippen molar-refractivity contribution in [1.29, 1.82) is 5.41 Å². The molecule has 1 aromatic carbocycles. The minimum absolute atomic E-state index is 0.174. The quantitative estimate of drug-likeness (QED) is 0.500. The van der Waals surface area contributed by atoms with Crippen LogP contribution in [0.4, 0.5) is 5.69 Å². The lowest BCUT2D eigenvalue weighted by Gasteiger charge is -2.37. The first-order valence-corrected chi connectivity index (χ1v) is 7.65. The van der Waals surface area contributed by atoms with Gasteiger partial charge in [0.05, 0.1) is 5.56 Å². The van der Waals surface area contributed by atoms with Crippen LogP contribution >= 0.6 is 11.8 Å². The van der Waals surface area contributed by atoms with Gasteiger partial charge in [-0.25, -0.2) is 0 Å². The Bertz CT molecular complexity index is 445. The van der Waals surface area contributed by atoms with Gasteiger partial charge in [-0.05, 0) is 44.6 Å². The molecule has 0 amide bonds. The molecule has 0 aromatic heterocycles. The Hall–Kier alpha value is -1.16. The number of hydrogen-bond acceptors (Lipinski definition) is 3. The fourth-order valence-electron chi connectivity index (χ4n) is 2.66. The molecule has 1 heterocycles. The number of nitrogen functional groups attached to an aromatic ring is 1. The summed E-state index contributed by atoms with van der Waals surface area (Å²) < 4.78 is 0. The van der Waals surface area contributed by atoms with Crippen molar-refractivity contribution in [3.63, 3.8) is 0 Å². The lowest BCUT2D eigenvalue weighted by atomic mass is 10.0. The Morgan fingerprint density at radius 3 is 2.83 bits per heavy atom. The Kier molecular flexibility index (Phi) is 4.17. The third-order valence-corrected chi connectivity index (χ3v) is 4.39. The number of benzene rings is 1. The molecule has 1 aromatic rings. The monoisotopic (exact) mass is 263 g/mol. The summed E-state index contributed by atoms with van der Waals surface area (Å²) in [6, 6.07) is 6.74. The van der Waals surface area contributed by atoms with Gasteiger partial charge in [-0.1, -0.05) is 6.07 Å². The molecule has 0 saturated carbocycles. The third-order valence-electron chi connectivity index (χ3n) is 3.61. The number of nitrogens with one attached hydrogen (secondary N) is 1. The average molecular weight is 263 g/mol. The van der Waals surface area contributed by atoms with Gasteiger partial charge in [0.1, 0.15) is 5.84 Å². The van der Waals surface area contributed by atoms with Crippen LogP contribution in [0.3, 0.4) is 0 Å². The molecule has 0 radical (unpaired) electrons. The number of hydrogen-bond donors (Lipinski definition) is 2. The molecule has 1 unspecified atom stereocenters. The molecule has 0 aliphatic carbocycles. The van der Waals surface area contributed by atoms with E-state index in [0.29, 0.717) is 6.04 Å². The molecule has 1 aliphatic rings. The van der Waals surface area contributed by atoms with E-state index in [2.05, 4.69) is 24.0 Å². The summed E-state index contributed by atoms with van der Waals surface area (Å²) in [5, 5.41) is 7.84. The van der Waals surface area contributed by atoms with Crippen molar-refractivity contribution < 1.29 is 0 Å². The second kappa shape index (κ2) is 5.65. The SMILES string of the molecule is CSc1cccc(N2CCCCC2C)c1C(=N)N. The molecule has 98 valence electrons. The smallest absolute Gasteiger partial charge is 0.126 e. The number of anilines is 1. The van der Waals surface area contributed by atoms with E-state index in [0.717, 1.165) is 22.7 Å². The summed E-state index contributed by atoms with van der Waals surface area (Å²) in [5.74, 6) is 0.174. The zero-order valence-corrected chi connectivity index (χ0v) is 11.9. The van der Waals surface area contributed by atoms with Gasteiger partial charge in [-0.15, -0.1) is 11.8 Å². The first kappa shape index (κ1) is 13.3. The number of amidine groups is 1. The largest absolute Gasteiger partial charge is 0.384 e. The van der Waals surface area contributed by atoms with E-state index >= 15 is 0 Å². The minimum atomic E-state index is 0.174. The number of piperidine rings is 1. The molecule has 1 fully saturated rings. The van der Waals surface area contributed by atoms with Crippen LogP contribution in [0.25, 0.3) is 0 Å². The van der Waals surface area contributed by atoms with Crippen LogP contribution in [0.5, 0.6) is 0 Å². The molecule has 4 heteroatoms. The molecular formula is C14H21N3S. The summed E-state index contributed by atoms with van der Waals surface area (Å²) in [4.78, 5) is 3.50. The maximum atomic E-state index is 7.84. The predicted molar refractivity (Wildman–Crippen MR) is 79.9 cm³/mol. The van der Waals surface area contributed by atoms with Gasteiger partial charge in [0.2, 0.25) is 0 Å². The molecule has 3 nitrogen and oxygen atoms in total. The van der Waals surface area contributed by atoms with Crippen molar-refractivity contribution in [2.75, 3.05) is 17.7 Å². The van der Waals surface area contributed by atoms with Crippen molar-refractivity contribution in [3.05, 3.63) is 23.8 Å². The van der Waals surface area contributed by atoms with E-state index in [4.69, 9.17) is 11.1 Å².